The van der Waals surface area contributed by atoms with Gasteiger partial charge in [0.25, 0.3) is 5.78 Å². The highest BCUT2D eigenvalue weighted by atomic mass is 15.4. The number of hydrogen-bond donors (Lipinski definition) is 1. The van der Waals surface area contributed by atoms with Crippen LogP contribution in [0.1, 0.15) is 23.2 Å². The number of fused-ring (bicyclic) bond motifs is 2. The first-order valence-electron chi connectivity index (χ1n) is 6.91. The Morgan fingerprint density at radius 2 is 2.05 bits per heavy atom. The first-order valence-corrected chi connectivity index (χ1v) is 6.91. The summed E-state index contributed by atoms with van der Waals surface area (Å²) in [6.45, 7) is 0.784. The molecule has 0 fully saturated rings. The second kappa shape index (κ2) is 4.59. The Hall–Kier alpha value is -2.43. The van der Waals surface area contributed by atoms with E-state index in [1.807, 2.05) is 10.6 Å². The van der Waals surface area contributed by atoms with Crippen LogP contribution in [0.15, 0.2) is 36.7 Å². The number of benzene rings is 1. The third-order valence-electron chi connectivity index (χ3n) is 3.75. The zero-order valence-electron chi connectivity index (χ0n) is 11.1. The summed E-state index contributed by atoms with van der Waals surface area (Å²) in [5.41, 5.74) is 3.71. The van der Waals surface area contributed by atoms with Gasteiger partial charge in [-0.3, -0.25) is 0 Å². The van der Waals surface area contributed by atoms with E-state index < -0.39 is 0 Å². The minimum absolute atomic E-state index is 0.682. The van der Waals surface area contributed by atoms with Crippen LogP contribution in [0, 0.1) is 0 Å². The molecular weight excluding hydrogens is 250 g/mol. The third-order valence-corrected chi connectivity index (χ3v) is 3.75. The predicted molar refractivity (Wildman–Crippen MR) is 76.6 cm³/mol. The monoisotopic (exact) mass is 265 g/mol. The van der Waals surface area contributed by atoms with Gasteiger partial charge in [0.05, 0.1) is 5.69 Å². The van der Waals surface area contributed by atoms with Crippen LogP contribution >= 0.6 is 0 Å². The van der Waals surface area contributed by atoms with Crippen molar-refractivity contribution in [2.24, 2.45) is 0 Å². The molecule has 2 aromatic heterocycles. The van der Waals surface area contributed by atoms with E-state index in [1.165, 1.54) is 16.8 Å². The van der Waals surface area contributed by atoms with E-state index >= 15 is 0 Å². The molecule has 1 aliphatic rings. The van der Waals surface area contributed by atoms with Gasteiger partial charge < -0.3 is 5.32 Å². The minimum atomic E-state index is 0.682. The Morgan fingerprint density at radius 3 is 2.95 bits per heavy atom. The lowest BCUT2D eigenvalue weighted by Crippen LogP contribution is -2.10. The summed E-state index contributed by atoms with van der Waals surface area (Å²) >= 11 is 0. The van der Waals surface area contributed by atoms with Crippen LogP contribution in [0.5, 0.6) is 0 Å². The van der Waals surface area contributed by atoms with Gasteiger partial charge in [0, 0.05) is 12.1 Å². The maximum Gasteiger partial charge on any atom is 0.254 e. The molecule has 1 aromatic carbocycles. The van der Waals surface area contributed by atoms with Gasteiger partial charge in [-0.2, -0.15) is 14.6 Å². The lowest BCUT2D eigenvalue weighted by Gasteiger charge is -2.12. The molecule has 4 rings (SSSR count). The van der Waals surface area contributed by atoms with Gasteiger partial charge in [0.15, 0.2) is 0 Å². The van der Waals surface area contributed by atoms with Crippen molar-refractivity contribution in [2.75, 3.05) is 5.32 Å². The van der Waals surface area contributed by atoms with E-state index in [2.05, 4.69) is 44.6 Å². The van der Waals surface area contributed by atoms with Crippen molar-refractivity contribution in [1.29, 1.82) is 0 Å². The van der Waals surface area contributed by atoms with Gasteiger partial charge in [-0.1, -0.05) is 30.3 Å². The summed E-state index contributed by atoms with van der Waals surface area (Å²) in [6.07, 6.45) is 4.83. The molecule has 1 N–H and O–H groups in total. The maximum absolute atomic E-state index is 4.58. The molecule has 0 amide bonds. The van der Waals surface area contributed by atoms with Crippen molar-refractivity contribution >= 4 is 11.6 Å². The lowest BCUT2D eigenvalue weighted by atomic mass is 10.2. The van der Waals surface area contributed by atoms with Gasteiger partial charge >= 0.3 is 0 Å². The van der Waals surface area contributed by atoms with E-state index in [-0.39, 0.29) is 0 Å². The van der Waals surface area contributed by atoms with Crippen LogP contribution in [0.25, 0.3) is 5.78 Å². The summed E-state index contributed by atoms with van der Waals surface area (Å²) < 4.78 is 1.81. The normalized spacial score (nSPS) is 13.6. The molecule has 5 heteroatoms. The standard InChI is InChI=1S/C15H15N5/c1-2-5-11(6-3-1)9-16-14-12-7-4-8-13(12)19-15-17-10-18-20(14)15/h1-3,5-6,10,16H,4,7-9H2. The summed E-state index contributed by atoms with van der Waals surface area (Å²) in [4.78, 5) is 8.79. The van der Waals surface area contributed by atoms with Crippen LogP contribution in [0.4, 0.5) is 5.82 Å². The van der Waals surface area contributed by atoms with Crippen LogP contribution in [-0.2, 0) is 19.4 Å². The van der Waals surface area contributed by atoms with Crippen LogP contribution in [-0.4, -0.2) is 19.6 Å². The zero-order valence-corrected chi connectivity index (χ0v) is 11.1. The van der Waals surface area contributed by atoms with Gasteiger partial charge in [-0.25, -0.2) is 4.98 Å². The zero-order chi connectivity index (χ0) is 13.4. The number of anilines is 1. The smallest absolute Gasteiger partial charge is 0.254 e. The van der Waals surface area contributed by atoms with Crippen molar-refractivity contribution in [1.82, 2.24) is 19.6 Å². The average molecular weight is 265 g/mol. The molecule has 0 atom stereocenters. The summed E-state index contributed by atoms with van der Waals surface area (Å²) in [6, 6.07) is 10.4. The second-order valence-electron chi connectivity index (χ2n) is 5.05. The summed E-state index contributed by atoms with van der Waals surface area (Å²) in [5, 5.41) is 7.80. The molecule has 2 heterocycles. The van der Waals surface area contributed by atoms with Gasteiger partial charge in [-0.05, 0) is 24.8 Å². The first-order chi connectivity index (χ1) is 9.92. The predicted octanol–water partition coefficient (Wildman–Crippen LogP) is 2.23. The molecule has 5 nitrogen and oxygen atoms in total. The first kappa shape index (κ1) is 11.4. The highest BCUT2D eigenvalue weighted by molar-refractivity contribution is 5.54. The van der Waals surface area contributed by atoms with Crippen molar-refractivity contribution in [3.05, 3.63) is 53.5 Å². The molecule has 0 saturated heterocycles. The maximum atomic E-state index is 4.58. The molecule has 1 aliphatic carbocycles. The van der Waals surface area contributed by atoms with E-state index in [9.17, 15) is 0 Å². The van der Waals surface area contributed by atoms with Crippen molar-refractivity contribution < 1.29 is 0 Å². The molecule has 3 aromatic rings. The van der Waals surface area contributed by atoms with E-state index in [1.54, 1.807) is 6.33 Å². The summed E-state index contributed by atoms with van der Waals surface area (Å²) in [5.74, 6) is 1.73. The Morgan fingerprint density at radius 1 is 1.15 bits per heavy atom. The van der Waals surface area contributed by atoms with Gasteiger partial charge in [0.1, 0.15) is 12.1 Å². The number of hydrogen-bond acceptors (Lipinski definition) is 4. The summed E-state index contributed by atoms with van der Waals surface area (Å²) in [7, 11) is 0. The number of nitrogens with one attached hydrogen (secondary N) is 1. The van der Waals surface area contributed by atoms with Crippen molar-refractivity contribution in [3.63, 3.8) is 0 Å². The fourth-order valence-corrected chi connectivity index (χ4v) is 2.79. The van der Waals surface area contributed by atoms with Crippen molar-refractivity contribution in [2.45, 2.75) is 25.8 Å². The van der Waals surface area contributed by atoms with E-state index in [4.69, 9.17) is 0 Å². The largest absolute Gasteiger partial charge is 0.366 e. The number of rotatable bonds is 3. The van der Waals surface area contributed by atoms with Crippen LogP contribution in [0.3, 0.4) is 0 Å². The Kier molecular flexibility index (Phi) is 2.62. The molecule has 20 heavy (non-hydrogen) atoms. The third kappa shape index (κ3) is 1.82. The molecule has 0 aliphatic heterocycles. The van der Waals surface area contributed by atoms with E-state index in [0.29, 0.717) is 5.78 Å². The van der Waals surface area contributed by atoms with E-state index in [0.717, 1.165) is 31.6 Å². The molecule has 0 spiro atoms. The fraction of sp³-hybridized carbons (Fsp3) is 0.267. The Bertz CT molecular complexity index is 748. The van der Waals surface area contributed by atoms with Crippen LogP contribution in [0.2, 0.25) is 0 Å². The molecule has 0 radical (unpaired) electrons. The second-order valence-corrected chi connectivity index (χ2v) is 5.05. The average Bonchev–Trinajstić information content (AvgIpc) is 3.12. The molecule has 100 valence electrons. The number of aromatic nitrogens is 4. The highest BCUT2D eigenvalue weighted by Crippen LogP contribution is 2.28. The van der Waals surface area contributed by atoms with Crippen molar-refractivity contribution in [3.8, 4) is 0 Å². The SMILES string of the molecule is c1ccc(CNc2c3c(nc4ncnn24)CCC3)cc1. The van der Waals surface area contributed by atoms with Gasteiger partial charge in [0.2, 0.25) is 0 Å². The molecular formula is C15H15N5. The minimum Gasteiger partial charge on any atom is -0.366 e. The highest BCUT2D eigenvalue weighted by Gasteiger charge is 2.20. The number of aryl methyl sites for hydroxylation is 1. The van der Waals surface area contributed by atoms with Crippen LogP contribution < -0.4 is 5.32 Å². The topological polar surface area (TPSA) is 55.1 Å². The number of nitrogens with zero attached hydrogens (tertiary/aromatic N) is 4. The fourth-order valence-electron chi connectivity index (χ4n) is 2.79. The molecule has 0 unspecified atom stereocenters. The Labute approximate surface area is 116 Å². The molecule has 0 bridgehead atoms. The quantitative estimate of drug-likeness (QED) is 0.789. The Balaban J connectivity index is 1.73. The lowest BCUT2D eigenvalue weighted by molar-refractivity contribution is 0.897. The molecule has 0 saturated carbocycles. The van der Waals surface area contributed by atoms with Gasteiger partial charge in [-0.15, -0.1) is 0 Å².